The van der Waals surface area contributed by atoms with Gasteiger partial charge in [0.15, 0.2) is 0 Å². The summed E-state index contributed by atoms with van der Waals surface area (Å²) in [6, 6.07) is 0. The third-order valence-corrected chi connectivity index (χ3v) is 3.75. The fourth-order valence-electron chi connectivity index (χ4n) is 1.45. The second-order valence-electron chi connectivity index (χ2n) is 3.85. The highest BCUT2D eigenvalue weighted by molar-refractivity contribution is 7.89. The molecular formula is C9H12N6O4S. The van der Waals surface area contributed by atoms with Crippen LogP contribution in [0.25, 0.3) is 0 Å². The van der Waals surface area contributed by atoms with Crippen molar-refractivity contribution >= 4 is 16.0 Å². The maximum Gasteiger partial charge on any atom is 0.325 e. The van der Waals surface area contributed by atoms with Gasteiger partial charge in [0, 0.05) is 19.2 Å². The summed E-state index contributed by atoms with van der Waals surface area (Å²) < 4.78 is 27.2. The second kappa shape index (κ2) is 5.79. The van der Waals surface area contributed by atoms with E-state index < -0.39 is 22.5 Å². The normalized spacial score (nSPS) is 11.6. The molecule has 0 amide bonds. The van der Waals surface area contributed by atoms with Gasteiger partial charge in [-0.2, -0.15) is 10.2 Å². The van der Waals surface area contributed by atoms with Gasteiger partial charge in [-0.1, -0.05) is 0 Å². The molecule has 3 N–H and O–H groups in total. The van der Waals surface area contributed by atoms with Crippen molar-refractivity contribution < 1.29 is 18.3 Å². The van der Waals surface area contributed by atoms with Gasteiger partial charge in [-0.15, -0.1) is 0 Å². The van der Waals surface area contributed by atoms with E-state index in [0.717, 1.165) is 17.1 Å². The Morgan fingerprint density at radius 1 is 1.50 bits per heavy atom. The Bertz CT molecular complexity index is 677. The minimum atomic E-state index is -3.72. The molecule has 2 rings (SSSR count). The molecule has 2 aromatic rings. The highest BCUT2D eigenvalue weighted by atomic mass is 32.2. The minimum absolute atomic E-state index is 0.0867. The third kappa shape index (κ3) is 3.61. The fraction of sp³-hybridized carbons (Fsp3) is 0.333. The van der Waals surface area contributed by atoms with Crippen molar-refractivity contribution in [2.24, 2.45) is 0 Å². The van der Waals surface area contributed by atoms with Gasteiger partial charge in [-0.3, -0.25) is 14.6 Å². The number of H-pyrrole nitrogens is 1. The summed E-state index contributed by atoms with van der Waals surface area (Å²) in [6.45, 7) is -0.255. The van der Waals surface area contributed by atoms with Crippen LogP contribution < -0.4 is 4.72 Å². The van der Waals surface area contributed by atoms with Gasteiger partial charge >= 0.3 is 5.97 Å². The lowest BCUT2D eigenvalue weighted by Gasteiger charge is -2.02. The lowest BCUT2D eigenvalue weighted by Crippen LogP contribution is -2.26. The Balaban J connectivity index is 1.95. The molecule has 0 saturated carbocycles. The van der Waals surface area contributed by atoms with Crippen LogP contribution in [0, 0.1) is 0 Å². The zero-order valence-electron chi connectivity index (χ0n) is 10.2. The highest BCUT2D eigenvalue weighted by Gasteiger charge is 2.16. The number of aromatic nitrogens is 5. The molecule has 0 fully saturated rings. The smallest absolute Gasteiger partial charge is 0.325 e. The predicted octanol–water partition coefficient (Wildman–Crippen LogP) is -1.39. The number of rotatable bonds is 7. The Morgan fingerprint density at radius 2 is 2.30 bits per heavy atom. The lowest BCUT2D eigenvalue weighted by molar-refractivity contribution is -0.137. The van der Waals surface area contributed by atoms with Crippen LogP contribution in [0.1, 0.15) is 5.82 Å². The number of carboxylic acids is 1. The number of hydrogen-bond acceptors (Lipinski definition) is 6. The third-order valence-electron chi connectivity index (χ3n) is 2.34. The Morgan fingerprint density at radius 3 is 2.95 bits per heavy atom. The van der Waals surface area contributed by atoms with Crippen molar-refractivity contribution in [2.75, 3.05) is 6.54 Å². The van der Waals surface area contributed by atoms with Gasteiger partial charge in [0.1, 0.15) is 23.6 Å². The molecule has 0 saturated heterocycles. The van der Waals surface area contributed by atoms with E-state index in [1.807, 2.05) is 0 Å². The van der Waals surface area contributed by atoms with Crippen LogP contribution >= 0.6 is 0 Å². The number of nitrogens with one attached hydrogen (secondary N) is 2. The molecule has 10 nitrogen and oxygen atoms in total. The van der Waals surface area contributed by atoms with E-state index >= 15 is 0 Å². The van der Waals surface area contributed by atoms with Gasteiger partial charge in [0.2, 0.25) is 10.0 Å². The first-order valence-corrected chi connectivity index (χ1v) is 7.04. The van der Waals surface area contributed by atoms with Crippen LogP contribution in [0.4, 0.5) is 0 Å². The van der Waals surface area contributed by atoms with Crippen LogP contribution in [-0.4, -0.2) is 51.0 Å². The van der Waals surface area contributed by atoms with Crippen molar-refractivity contribution in [2.45, 2.75) is 17.9 Å². The van der Waals surface area contributed by atoms with E-state index in [1.54, 1.807) is 0 Å². The number of carboxylic acid groups (broad SMARTS) is 1. The molecule has 0 aliphatic heterocycles. The molecule has 11 heteroatoms. The minimum Gasteiger partial charge on any atom is -0.480 e. The van der Waals surface area contributed by atoms with Crippen molar-refractivity contribution in [1.29, 1.82) is 0 Å². The predicted molar refractivity (Wildman–Crippen MR) is 65.1 cm³/mol. The molecular weight excluding hydrogens is 288 g/mol. The molecule has 0 bridgehead atoms. The molecule has 2 aromatic heterocycles. The first kappa shape index (κ1) is 14.1. The maximum atomic E-state index is 11.9. The molecule has 108 valence electrons. The van der Waals surface area contributed by atoms with Gasteiger partial charge in [0.25, 0.3) is 0 Å². The monoisotopic (exact) mass is 300 g/mol. The van der Waals surface area contributed by atoms with Crippen LogP contribution in [0.15, 0.2) is 23.6 Å². The number of aromatic amines is 1. The van der Waals surface area contributed by atoms with E-state index in [4.69, 9.17) is 5.11 Å². The molecule has 0 spiro atoms. The maximum absolute atomic E-state index is 11.9. The van der Waals surface area contributed by atoms with Crippen LogP contribution in [0.2, 0.25) is 0 Å². The largest absolute Gasteiger partial charge is 0.480 e. The highest BCUT2D eigenvalue weighted by Crippen LogP contribution is 2.06. The zero-order chi connectivity index (χ0) is 14.6. The van der Waals surface area contributed by atoms with Crippen LogP contribution in [-0.2, 0) is 27.8 Å². The van der Waals surface area contributed by atoms with E-state index in [2.05, 4.69) is 25.0 Å². The Kier molecular flexibility index (Phi) is 4.10. The summed E-state index contributed by atoms with van der Waals surface area (Å²) in [7, 11) is -3.72. The number of aliphatic carboxylic acids is 1. The summed E-state index contributed by atoms with van der Waals surface area (Å²) in [6.07, 6.45) is 3.95. The van der Waals surface area contributed by atoms with Gasteiger partial charge in [-0.05, 0) is 0 Å². The lowest BCUT2D eigenvalue weighted by atomic mass is 10.4. The molecule has 0 aliphatic rings. The topological polar surface area (TPSA) is 143 Å². The van der Waals surface area contributed by atoms with Gasteiger partial charge < -0.3 is 5.11 Å². The molecule has 0 atom stereocenters. The second-order valence-corrected chi connectivity index (χ2v) is 5.61. The van der Waals surface area contributed by atoms with Gasteiger partial charge in [-0.25, -0.2) is 18.1 Å². The summed E-state index contributed by atoms with van der Waals surface area (Å²) in [5.74, 6) is -0.537. The average molecular weight is 300 g/mol. The summed E-state index contributed by atoms with van der Waals surface area (Å²) >= 11 is 0. The van der Waals surface area contributed by atoms with Crippen LogP contribution in [0.3, 0.4) is 0 Å². The number of sulfonamides is 1. The van der Waals surface area contributed by atoms with Crippen molar-refractivity contribution in [1.82, 2.24) is 29.7 Å². The van der Waals surface area contributed by atoms with Crippen molar-refractivity contribution in [3.63, 3.8) is 0 Å². The van der Waals surface area contributed by atoms with E-state index in [0.29, 0.717) is 12.2 Å². The standard InChI is InChI=1S/C9H12N6O4S/c16-9(17)5-15-4-7(3-12-15)20(18,19)13-2-1-8-10-6-11-14-8/h3-4,6,13H,1-2,5H2,(H,16,17)(H,10,11,14). The molecule has 0 aromatic carbocycles. The first-order valence-electron chi connectivity index (χ1n) is 5.55. The Labute approximate surface area is 113 Å². The van der Waals surface area contributed by atoms with Crippen molar-refractivity contribution in [3.05, 3.63) is 24.5 Å². The summed E-state index contributed by atoms with van der Waals surface area (Å²) in [5, 5.41) is 18.5. The quantitative estimate of drug-likeness (QED) is 0.571. The van der Waals surface area contributed by atoms with Crippen LogP contribution in [0.5, 0.6) is 0 Å². The zero-order valence-corrected chi connectivity index (χ0v) is 11.0. The number of nitrogens with zero attached hydrogens (tertiary/aromatic N) is 4. The van der Waals surface area contributed by atoms with E-state index in [9.17, 15) is 13.2 Å². The average Bonchev–Trinajstić information content (AvgIpc) is 2.99. The first-order chi connectivity index (χ1) is 9.47. The molecule has 20 heavy (non-hydrogen) atoms. The number of carbonyl (C=O) groups is 1. The van der Waals surface area contributed by atoms with Crippen molar-refractivity contribution in [3.8, 4) is 0 Å². The summed E-state index contributed by atoms with van der Waals surface area (Å²) in [5.41, 5.74) is 0. The Hall–Kier alpha value is -2.27. The SMILES string of the molecule is O=C(O)Cn1cc(S(=O)(=O)NCCc2ncn[nH]2)cn1. The van der Waals surface area contributed by atoms with E-state index in [-0.39, 0.29) is 11.4 Å². The summed E-state index contributed by atoms with van der Waals surface area (Å²) in [4.78, 5) is 14.3. The molecule has 0 radical (unpaired) electrons. The van der Waals surface area contributed by atoms with Gasteiger partial charge in [0.05, 0.1) is 6.20 Å². The fourth-order valence-corrected chi connectivity index (χ4v) is 2.43. The molecule has 0 aliphatic carbocycles. The van der Waals surface area contributed by atoms with E-state index in [1.165, 1.54) is 6.33 Å². The molecule has 2 heterocycles. The molecule has 0 unspecified atom stereocenters. The number of hydrogen-bond donors (Lipinski definition) is 3.